The zero-order valence-electron chi connectivity index (χ0n) is 16.7. The Morgan fingerprint density at radius 3 is 2.60 bits per heavy atom. The number of hydrogen-bond acceptors (Lipinski definition) is 6. The lowest BCUT2D eigenvalue weighted by Crippen LogP contribution is -2.46. The molecule has 0 radical (unpaired) electrons. The van der Waals surface area contributed by atoms with Crippen LogP contribution in [0.25, 0.3) is 0 Å². The van der Waals surface area contributed by atoms with Gasteiger partial charge in [0.1, 0.15) is 10.6 Å². The van der Waals surface area contributed by atoms with Crippen LogP contribution in [0.15, 0.2) is 57.0 Å². The number of amides is 2. The largest absolute Gasteiger partial charge is 0.472 e. The first-order valence-electron chi connectivity index (χ1n) is 9.85. The smallest absolute Gasteiger partial charge is 0.257 e. The third kappa shape index (κ3) is 5.12. The number of carbonyl (C=O) groups excluding carboxylic acids is 2. The minimum absolute atomic E-state index is 0.0186. The van der Waals surface area contributed by atoms with Crippen molar-refractivity contribution in [3.05, 3.63) is 70.6 Å². The molecule has 2 aromatic heterocycles. The van der Waals surface area contributed by atoms with Gasteiger partial charge in [0.05, 0.1) is 11.8 Å². The van der Waals surface area contributed by atoms with Gasteiger partial charge in [-0.15, -0.1) is 11.3 Å². The first kappa shape index (κ1) is 20.7. The first-order valence-corrected chi connectivity index (χ1v) is 11.7. The van der Waals surface area contributed by atoms with Crippen molar-refractivity contribution in [2.75, 3.05) is 13.1 Å². The monoisotopic (exact) mass is 441 g/mol. The fourth-order valence-electron chi connectivity index (χ4n) is 3.36. The van der Waals surface area contributed by atoms with Crippen LogP contribution in [0, 0.1) is 6.92 Å². The zero-order chi connectivity index (χ0) is 20.9. The Morgan fingerprint density at radius 1 is 1.20 bits per heavy atom. The van der Waals surface area contributed by atoms with Gasteiger partial charge in [-0.25, -0.2) is 4.98 Å². The van der Waals surface area contributed by atoms with Crippen molar-refractivity contribution < 1.29 is 14.0 Å². The average molecular weight is 442 g/mol. The summed E-state index contributed by atoms with van der Waals surface area (Å²) in [5.74, 6) is 0.747. The summed E-state index contributed by atoms with van der Waals surface area (Å²) in [5.41, 5.74) is 3.44. The maximum atomic E-state index is 12.6. The van der Waals surface area contributed by atoms with Gasteiger partial charge in [-0.3, -0.25) is 9.59 Å². The minimum Gasteiger partial charge on any atom is -0.472 e. The lowest BCUT2D eigenvalue weighted by Gasteiger charge is -2.32. The summed E-state index contributed by atoms with van der Waals surface area (Å²) < 4.78 is 6.05. The summed E-state index contributed by atoms with van der Waals surface area (Å²) in [6.45, 7) is 3.25. The Bertz CT molecular complexity index is 991. The molecule has 30 heavy (non-hydrogen) atoms. The van der Waals surface area contributed by atoms with Gasteiger partial charge in [-0.1, -0.05) is 23.9 Å². The third-order valence-electron chi connectivity index (χ3n) is 5.06. The predicted molar refractivity (Wildman–Crippen MR) is 118 cm³/mol. The number of carbonyl (C=O) groups is 2. The van der Waals surface area contributed by atoms with Crippen molar-refractivity contribution in [2.24, 2.45) is 0 Å². The molecule has 0 spiro atoms. The molecule has 3 heterocycles. The number of furan rings is 1. The number of rotatable bonds is 6. The minimum atomic E-state index is -0.0654. The van der Waals surface area contributed by atoms with Crippen LogP contribution in [0.1, 0.15) is 44.8 Å². The molecule has 156 valence electrons. The Balaban J connectivity index is 1.24. The normalized spacial score (nSPS) is 14.6. The number of aryl methyl sites for hydroxylation is 1. The standard InChI is InChI=1S/C22H23N3O3S2/c1-15-13-29-22(23-15)30-14-16-2-4-17(5-3-16)20(26)24-19-6-9-25(10-7-19)21(27)18-8-11-28-12-18/h2-5,8,11-13,19H,6-7,9-10,14H2,1H3,(H,24,26). The van der Waals surface area contributed by atoms with E-state index in [0.717, 1.165) is 34.2 Å². The van der Waals surface area contributed by atoms with E-state index in [9.17, 15) is 9.59 Å². The van der Waals surface area contributed by atoms with Crippen molar-refractivity contribution >= 4 is 34.9 Å². The molecule has 4 rings (SSSR count). The molecular formula is C22H23N3O3S2. The fourth-order valence-corrected chi connectivity index (χ4v) is 5.17. The van der Waals surface area contributed by atoms with Crippen LogP contribution in [0.5, 0.6) is 0 Å². The van der Waals surface area contributed by atoms with Gasteiger partial charge >= 0.3 is 0 Å². The molecule has 2 amide bonds. The molecular weight excluding hydrogens is 418 g/mol. The van der Waals surface area contributed by atoms with E-state index in [1.165, 1.54) is 12.5 Å². The van der Waals surface area contributed by atoms with Crippen LogP contribution in [0.3, 0.4) is 0 Å². The number of piperidine rings is 1. The van der Waals surface area contributed by atoms with E-state index in [2.05, 4.69) is 10.3 Å². The second-order valence-corrected chi connectivity index (χ2v) is 9.37. The number of aromatic nitrogens is 1. The number of nitrogens with one attached hydrogen (secondary N) is 1. The van der Waals surface area contributed by atoms with Gasteiger partial charge < -0.3 is 14.6 Å². The van der Waals surface area contributed by atoms with Crippen molar-refractivity contribution in [3.63, 3.8) is 0 Å². The summed E-state index contributed by atoms with van der Waals surface area (Å²) in [6.07, 6.45) is 4.47. The Kier molecular flexibility index (Phi) is 6.54. The van der Waals surface area contributed by atoms with E-state index in [1.54, 1.807) is 29.2 Å². The van der Waals surface area contributed by atoms with E-state index in [4.69, 9.17) is 4.42 Å². The number of benzene rings is 1. The number of thiazole rings is 1. The topological polar surface area (TPSA) is 75.4 Å². The number of thioether (sulfide) groups is 1. The second kappa shape index (κ2) is 9.49. The molecule has 1 N–H and O–H groups in total. The van der Waals surface area contributed by atoms with Crippen molar-refractivity contribution in [1.29, 1.82) is 0 Å². The molecule has 1 aliphatic heterocycles. The highest BCUT2D eigenvalue weighted by Crippen LogP contribution is 2.26. The van der Waals surface area contributed by atoms with E-state index < -0.39 is 0 Å². The van der Waals surface area contributed by atoms with Crippen LogP contribution in [0.2, 0.25) is 0 Å². The first-order chi connectivity index (χ1) is 14.6. The maximum Gasteiger partial charge on any atom is 0.257 e. The summed E-state index contributed by atoms with van der Waals surface area (Å²) in [5, 5.41) is 5.15. The second-order valence-electron chi connectivity index (χ2n) is 7.29. The molecule has 8 heteroatoms. The van der Waals surface area contributed by atoms with Gasteiger partial charge in [0.15, 0.2) is 0 Å². The third-order valence-corrected chi connectivity index (χ3v) is 7.27. The Labute approximate surface area is 183 Å². The molecule has 6 nitrogen and oxygen atoms in total. The molecule has 1 saturated heterocycles. The van der Waals surface area contributed by atoms with Crippen LogP contribution >= 0.6 is 23.1 Å². The van der Waals surface area contributed by atoms with E-state index >= 15 is 0 Å². The van der Waals surface area contributed by atoms with Crippen LogP contribution in [0.4, 0.5) is 0 Å². The quantitative estimate of drug-likeness (QED) is 0.575. The summed E-state index contributed by atoms with van der Waals surface area (Å²) in [7, 11) is 0. The highest BCUT2D eigenvalue weighted by atomic mass is 32.2. The number of hydrogen-bond donors (Lipinski definition) is 1. The van der Waals surface area contributed by atoms with Crippen molar-refractivity contribution in [2.45, 2.75) is 35.9 Å². The van der Waals surface area contributed by atoms with Gasteiger partial charge in [-0.05, 0) is 43.5 Å². The molecule has 0 unspecified atom stereocenters. The van der Waals surface area contributed by atoms with E-state index in [1.807, 2.05) is 41.5 Å². The molecule has 1 fully saturated rings. The number of likely N-dealkylation sites (tertiary alicyclic amines) is 1. The van der Waals surface area contributed by atoms with Crippen molar-refractivity contribution in [1.82, 2.24) is 15.2 Å². The maximum absolute atomic E-state index is 12.6. The Morgan fingerprint density at radius 2 is 1.97 bits per heavy atom. The molecule has 3 aromatic rings. The van der Waals surface area contributed by atoms with Gasteiger partial charge in [-0.2, -0.15) is 0 Å². The summed E-state index contributed by atoms with van der Waals surface area (Å²) in [4.78, 5) is 31.2. The van der Waals surface area contributed by atoms with Gasteiger partial charge in [0, 0.05) is 41.5 Å². The van der Waals surface area contributed by atoms with E-state index in [-0.39, 0.29) is 17.9 Å². The SMILES string of the molecule is Cc1csc(SCc2ccc(C(=O)NC3CCN(C(=O)c4ccoc4)CC3)cc2)n1. The number of nitrogens with zero attached hydrogens (tertiary/aromatic N) is 2. The molecule has 1 aliphatic rings. The van der Waals surface area contributed by atoms with E-state index in [0.29, 0.717) is 24.2 Å². The summed E-state index contributed by atoms with van der Waals surface area (Å²) >= 11 is 3.36. The van der Waals surface area contributed by atoms with Gasteiger partial charge in [0.2, 0.25) is 0 Å². The zero-order valence-corrected chi connectivity index (χ0v) is 18.3. The molecule has 0 bridgehead atoms. The highest BCUT2D eigenvalue weighted by molar-refractivity contribution is 8.00. The molecule has 0 aliphatic carbocycles. The lowest BCUT2D eigenvalue weighted by molar-refractivity contribution is 0.0697. The van der Waals surface area contributed by atoms with Gasteiger partial charge in [0.25, 0.3) is 11.8 Å². The van der Waals surface area contributed by atoms with Crippen LogP contribution in [-0.2, 0) is 5.75 Å². The molecule has 0 atom stereocenters. The highest BCUT2D eigenvalue weighted by Gasteiger charge is 2.25. The van der Waals surface area contributed by atoms with Crippen LogP contribution in [-0.4, -0.2) is 40.8 Å². The fraction of sp³-hybridized carbons (Fsp3) is 0.318. The molecule has 1 aromatic carbocycles. The van der Waals surface area contributed by atoms with Crippen LogP contribution < -0.4 is 5.32 Å². The average Bonchev–Trinajstić information content (AvgIpc) is 3.44. The van der Waals surface area contributed by atoms with Crippen molar-refractivity contribution in [3.8, 4) is 0 Å². The summed E-state index contributed by atoms with van der Waals surface area (Å²) in [6, 6.07) is 9.49. The molecule has 0 saturated carbocycles. The lowest BCUT2D eigenvalue weighted by atomic mass is 10.0. The Hall–Kier alpha value is -2.58. The predicted octanol–water partition coefficient (Wildman–Crippen LogP) is 4.37.